The van der Waals surface area contributed by atoms with Gasteiger partial charge < -0.3 is 13.7 Å². The van der Waals surface area contributed by atoms with Gasteiger partial charge >= 0.3 is 14.0 Å². The lowest BCUT2D eigenvalue weighted by molar-refractivity contribution is 0.523. The molecule has 0 N–H and O–H groups in total. The van der Waals surface area contributed by atoms with Crippen LogP contribution in [-0.2, 0) is 0 Å². The van der Waals surface area contributed by atoms with Gasteiger partial charge in [-0.2, -0.15) is 0 Å². The van der Waals surface area contributed by atoms with Crippen LogP contribution in [0.4, 0.5) is 11.4 Å². The van der Waals surface area contributed by atoms with Crippen LogP contribution >= 0.6 is 0 Å². The normalized spacial score (nSPS) is 16.4. The summed E-state index contributed by atoms with van der Waals surface area (Å²) in [7, 11) is 0.00468. The number of hydrogen-bond donors (Lipinski definition) is 0. The highest BCUT2D eigenvalue weighted by Crippen LogP contribution is 2.27. The summed E-state index contributed by atoms with van der Waals surface area (Å²) in [6.07, 6.45) is 0. The molecule has 0 unspecified atom stereocenters. The van der Waals surface area contributed by atoms with Gasteiger partial charge in [-0.1, -0.05) is 63.9 Å². The maximum Gasteiger partial charge on any atom is 0.322 e. The fourth-order valence-electron chi connectivity index (χ4n) is 3.55. The zero-order chi connectivity index (χ0) is 16.4. The molecule has 2 aromatic carbocycles. The molecule has 6 heteroatoms. The van der Waals surface area contributed by atoms with Crippen molar-refractivity contribution in [1.29, 1.82) is 0 Å². The van der Waals surface area contributed by atoms with Gasteiger partial charge in [0.2, 0.25) is 0 Å². The summed E-state index contributed by atoms with van der Waals surface area (Å²) in [5.41, 5.74) is 2.63. The Morgan fingerprint density at radius 2 is 1.13 bits per heavy atom. The first kappa shape index (κ1) is 16.2. The molecule has 117 valence electrons. The average molecular weight is 320 g/mol. The Kier molecular flexibility index (Phi) is 4.83. The van der Waals surface area contributed by atoms with E-state index in [2.05, 4.69) is 102 Å². The van der Waals surface area contributed by atoms with Crippen molar-refractivity contribution in [3.8, 4) is 0 Å². The SMILES string of the molecule is CB1N(c2ccccc2)[SiH]N(c2ccccc2)B(C)N1C(C)C. The lowest BCUT2D eigenvalue weighted by Crippen LogP contribution is -2.73. The van der Waals surface area contributed by atoms with Crippen molar-refractivity contribution >= 4 is 35.2 Å². The molecule has 23 heavy (non-hydrogen) atoms. The molecule has 3 rings (SSSR count). The first-order chi connectivity index (χ1) is 11.1. The van der Waals surface area contributed by atoms with Crippen LogP contribution < -0.4 is 8.95 Å². The quantitative estimate of drug-likeness (QED) is 0.804. The van der Waals surface area contributed by atoms with Crippen LogP contribution in [0.1, 0.15) is 13.8 Å². The van der Waals surface area contributed by atoms with Crippen LogP contribution in [0.25, 0.3) is 0 Å². The minimum Gasteiger partial charge on any atom is -0.416 e. The molecule has 1 aliphatic rings. The summed E-state index contributed by atoms with van der Waals surface area (Å²) >= 11 is 0. The van der Waals surface area contributed by atoms with Crippen molar-refractivity contribution in [1.82, 2.24) is 4.72 Å². The van der Waals surface area contributed by atoms with E-state index in [9.17, 15) is 0 Å². The second kappa shape index (κ2) is 6.85. The lowest BCUT2D eigenvalue weighted by Gasteiger charge is -2.52. The maximum atomic E-state index is 2.59. The number of benzene rings is 2. The van der Waals surface area contributed by atoms with Gasteiger partial charge in [0, 0.05) is 11.4 Å². The zero-order valence-corrected chi connectivity index (χ0v) is 15.6. The third kappa shape index (κ3) is 3.19. The van der Waals surface area contributed by atoms with Crippen molar-refractivity contribution in [2.45, 2.75) is 33.5 Å². The molecule has 1 radical (unpaired) electrons. The molecule has 0 aliphatic carbocycles. The van der Waals surface area contributed by atoms with Crippen molar-refractivity contribution in [2.24, 2.45) is 0 Å². The average Bonchev–Trinajstić information content (AvgIpc) is 2.56. The highest BCUT2D eigenvalue weighted by molar-refractivity contribution is 6.92. The van der Waals surface area contributed by atoms with Crippen LogP contribution in [0.2, 0.25) is 13.6 Å². The van der Waals surface area contributed by atoms with E-state index in [1.165, 1.54) is 11.4 Å². The fourth-order valence-corrected chi connectivity index (χ4v) is 5.13. The third-order valence-electron chi connectivity index (χ3n) is 4.62. The van der Waals surface area contributed by atoms with Crippen LogP contribution in [0, 0.1) is 0 Å². The first-order valence-corrected chi connectivity index (χ1v) is 9.42. The Hall–Kier alpha value is -1.65. The summed E-state index contributed by atoms with van der Waals surface area (Å²) in [4.78, 5) is 0. The zero-order valence-electron chi connectivity index (χ0n) is 14.4. The van der Waals surface area contributed by atoms with Gasteiger partial charge in [0.15, 0.2) is 0 Å². The molecule has 0 saturated carbocycles. The Bertz CT molecular complexity index is 575. The molecule has 0 atom stereocenters. The standard InChI is InChI=1S/C17H24B2N3Si/c1-15(2)20-18(3)21(16-11-7-5-8-12-16)23-22(19(20)4)17-13-9-6-10-14-17/h5-15,23H,1-4H3. The summed E-state index contributed by atoms with van der Waals surface area (Å²) in [5, 5.41) is 0. The van der Waals surface area contributed by atoms with Gasteiger partial charge in [-0.3, -0.25) is 0 Å². The van der Waals surface area contributed by atoms with E-state index >= 15 is 0 Å². The van der Waals surface area contributed by atoms with Crippen LogP contribution in [-0.4, -0.2) is 34.6 Å². The molecule has 2 aromatic rings. The number of anilines is 2. The minimum absolute atomic E-state index is 0.00468. The number of rotatable bonds is 3. The first-order valence-electron chi connectivity index (χ1n) is 8.39. The predicted octanol–water partition coefficient (Wildman–Crippen LogP) is 3.23. The Morgan fingerprint density at radius 1 is 0.739 bits per heavy atom. The fraction of sp³-hybridized carbons (Fsp3) is 0.294. The van der Waals surface area contributed by atoms with Crippen molar-refractivity contribution < 1.29 is 0 Å². The topological polar surface area (TPSA) is 9.72 Å². The molecule has 0 bridgehead atoms. The minimum atomic E-state index is 0.00468. The second-order valence-corrected chi connectivity index (χ2v) is 7.75. The Balaban J connectivity index is 1.98. The molecule has 0 spiro atoms. The Labute approximate surface area is 143 Å². The number of nitrogens with zero attached hydrogens (tertiary/aromatic N) is 3. The van der Waals surface area contributed by atoms with Gasteiger partial charge in [0.25, 0.3) is 9.84 Å². The maximum absolute atomic E-state index is 2.59. The molecule has 0 amide bonds. The summed E-state index contributed by atoms with van der Waals surface area (Å²) in [6.45, 7) is 10.1. The second-order valence-electron chi connectivity index (χ2n) is 6.41. The highest BCUT2D eigenvalue weighted by Gasteiger charge is 2.42. The molecular weight excluding hydrogens is 296 g/mol. The summed E-state index contributed by atoms with van der Waals surface area (Å²) in [6, 6.07) is 22.1. The van der Waals surface area contributed by atoms with Gasteiger partial charge in [0.1, 0.15) is 0 Å². The van der Waals surface area contributed by atoms with E-state index in [4.69, 9.17) is 0 Å². The summed E-state index contributed by atoms with van der Waals surface area (Å²) < 4.78 is 7.72. The summed E-state index contributed by atoms with van der Waals surface area (Å²) in [5.74, 6) is 0. The van der Waals surface area contributed by atoms with E-state index in [-0.39, 0.29) is 9.84 Å². The molecule has 1 aliphatic heterocycles. The van der Waals surface area contributed by atoms with E-state index in [1.807, 2.05) is 0 Å². The molecule has 1 saturated heterocycles. The van der Waals surface area contributed by atoms with E-state index in [0.717, 1.165) is 0 Å². The molecule has 1 fully saturated rings. The molecule has 1 heterocycles. The number of para-hydroxylation sites is 2. The van der Waals surface area contributed by atoms with Gasteiger partial charge in [-0.25, -0.2) is 0 Å². The van der Waals surface area contributed by atoms with E-state index < -0.39 is 0 Å². The monoisotopic (exact) mass is 320 g/mol. The highest BCUT2D eigenvalue weighted by atomic mass is 28.2. The van der Waals surface area contributed by atoms with Gasteiger partial charge in [-0.05, 0) is 30.3 Å². The predicted molar refractivity (Wildman–Crippen MR) is 105 cm³/mol. The van der Waals surface area contributed by atoms with Crippen LogP contribution in [0.3, 0.4) is 0 Å². The van der Waals surface area contributed by atoms with Crippen molar-refractivity contribution in [3.63, 3.8) is 0 Å². The van der Waals surface area contributed by atoms with Crippen molar-refractivity contribution in [2.75, 3.05) is 8.95 Å². The lowest BCUT2D eigenvalue weighted by atomic mass is 9.60. The van der Waals surface area contributed by atoms with E-state index in [0.29, 0.717) is 20.0 Å². The van der Waals surface area contributed by atoms with Crippen LogP contribution in [0.15, 0.2) is 60.7 Å². The largest absolute Gasteiger partial charge is 0.416 e. The number of hydrogen-bond acceptors (Lipinski definition) is 3. The van der Waals surface area contributed by atoms with Crippen LogP contribution in [0.5, 0.6) is 0 Å². The molecule has 0 aromatic heterocycles. The van der Waals surface area contributed by atoms with Gasteiger partial charge in [-0.15, -0.1) is 0 Å². The Morgan fingerprint density at radius 3 is 1.48 bits per heavy atom. The van der Waals surface area contributed by atoms with Gasteiger partial charge in [0.05, 0.1) is 0 Å². The van der Waals surface area contributed by atoms with Crippen molar-refractivity contribution in [3.05, 3.63) is 60.7 Å². The molecular formula is C17H24B2N3Si. The smallest absolute Gasteiger partial charge is 0.322 e. The molecule has 3 nitrogen and oxygen atoms in total. The third-order valence-corrected chi connectivity index (χ3v) is 6.58. The van der Waals surface area contributed by atoms with E-state index in [1.54, 1.807) is 0 Å².